The largest absolute Gasteiger partial charge is 0.493 e. The second-order valence-electron chi connectivity index (χ2n) is 5.50. The first-order valence-electron chi connectivity index (χ1n) is 7.95. The fourth-order valence-corrected chi connectivity index (χ4v) is 2.29. The lowest BCUT2D eigenvalue weighted by atomic mass is 10.1. The molecule has 2 aromatic carbocycles. The molecular formula is C18H19N3O6. The number of nitrogens with zero attached hydrogens (tertiary/aromatic N) is 1. The number of benzene rings is 2. The van der Waals surface area contributed by atoms with Crippen molar-refractivity contribution in [2.75, 3.05) is 26.1 Å². The van der Waals surface area contributed by atoms with Gasteiger partial charge in [-0.3, -0.25) is 19.7 Å². The predicted octanol–water partition coefficient (Wildman–Crippen LogP) is 1.91. The summed E-state index contributed by atoms with van der Waals surface area (Å²) in [6, 6.07) is 10.5. The van der Waals surface area contributed by atoms with Crippen molar-refractivity contribution in [3.63, 3.8) is 0 Å². The second kappa shape index (κ2) is 9.18. The summed E-state index contributed by atoms with van der Waals surface area (Å²) in [5, 5.41) is 15.7. The Morgan fingerprint density at radius 2 is 1.67 bits per heavy atom. The molecule has 0 aliphatic heterocycles. The molecule has 2 aromatic rings. The number of nitro groups is 1. The number of rotatable bonds is 8. The first-order chi connectivity index (χ1) is 12.9. The third-order valence-corrected chi connectivity index (χ3v) is 3.62. The average Bonchev–Trinajstić information content (AvgIpc) is 2.66. The molecule has 0 saturated heterocycles. The van der Waals surface area contributed by atoms with Crippen molar-refractivity contribution in [3.8, 4) is 11.5 Å². The molecule has 0 saturated carbocycles. The Bertz CT molecular complexity index is 835. The van der Waals surface area contributed by atoms with E-state index in [0.29, 0.717) is 22.7 Å². The van der Waals surface area contributed by atoms with Gasteiger partial charge >= 0.3 is 0 Å². The highest BCUT2D eigenvalue weighted by Gasteiger charge is 2.11. The third kappa shape index (κ3) is 5.70. The number of ether oxygens (including phenoxy) is 2. The van der Waals surface area contributed by atoms with Gasteiger partial charge in [0.25, 0.3) is 5.69 Å². The van der Waals surface area contributed by atoms with Crippen LogP contribution in [-0.4, -0.2) is 37.5 Å². The average molecular weight is 373 g/mol. The summed E-state index contributed by atoms with van der Waals surface area (Å²) >= 11 is 0. The van der Waals surface area contributed by atoms with Crippen LogP contribution < -0.4 is 20.1 Å². The summed E-state index contributed by atoms with van der Waals surface area (Å²) in [5.41, 5.74) is 1.04. The molecule has 0 fully saturated rings. The number of carbonyl (C=O) groups excluding carboxylic acids is 2. The molecular weight excluding hydrogens is 354 g/mol. The molecule has 0 aliphatic carbocycles. The van der Waals surface area contributed by atoms with Gasteiger partial charge in [-0.05, 0) is 29.8 Å². The van der Waals surface area contributed by atoms with Crippen molar-refractivity contribution in [1.29, 1.82) is 0 Å². The SMILES string of the molecule is COc1ccc(CC(=O)NCC(=O)Nc2ccc([N+](=O)[O-])cc2)cc1OC. The van der Waals surface area contributed by atoms with Crippen molar-refractivity contribution in [2.45, 2.75) is 6.42 Å². The predicted molar refractivity (Wildman–Crippen MR) is 98.0 cm³/mol. The van der Waals surface area contributed by atoms with E-state index in [2.05, 4.69) is 10.6 Å². The summed E-state index contributed by atoms with van der Waals surface area (Å²) in [7, 11) is 3.03. The Morgan fingerprint density at radius 1 is 1.00 bits per heavy atom. The molecule has 0 bridgehead atoms. The number of methoxy groups -OCH3 is 2. The molecule has 0 heterocycles. The van der Waals surface area contributed by atoms with E-state index in [9.17, 15) is 19.7 Å². The van der Waals surface area contributed by atoms with Gasteiger partial charge < -0.3 is 20.1 Å². The van der Waals surface area contributed by atoms with E-state index in [1.54, 1.807) is 18.2 Å². The quantitative estimate of drug-likeness (QED) is 0.539. The van der Waals surface area contributed by atoms with Crippen LogP contribution >= 0.6 is 0 Å². The van der Waals surface area contributed by atoms with Crippen LogP contribution in [0.3, 0.4) is 0 Å². The van der Waals surface area contributed by atoms with Crippen LogP contribution in [0.5, 0.6) is 11.5 Å². The van der Waals surface area contributed by atoms with Gasteiger partial charge in [0.05, 0.1) is 32.1 Å². The Kier molecular flexibility index (Phi) is 6.70. The molecule has 2 rings (SSSR count). The van der Waals surface area contributed by atoms with E-state index in [1.165, 1.54) is 38.5 Å². The minimum absolute atomic E-state index is 0.0729. The highest BCUT2D eigenvalue weighted by atomic mass is 16.6. The lowest BCUT2D eigenvalue weighted by Gasteiger charge is -2.10. The number of hydrogen-bond donors (Lipinski definition) is 2. The summed E-state index contributed by atoms with van der Waals surface area (Å²) in [4.78, 5) is 33.9. The van der Waals surface area contributed by atoms with Crippen molar-refractivity contribution in [3.05, 3.63) is 58.1 Å². The van der Waals surface area contributed by atoms with Gasteiger partial charge in [-0.25, -0.2) is 0 Å². The van der Waals surface area contributed by atoms with E-state index < -0.39 is 10.8 Å². The van der Waals surface area contributed by atoms with E-state index >= 15 is 0 Å². The normalized spacial score (nSPS) is 10.0. The van der Waals surface area contributed by atoms with E-state index in [-0.39, 0.29) is 24.6 Å². The van der Waals surface area contributed by atoms with Gasteiger partial charge in [-0.15, -0.1) is 0 Å². The Hall–Kier alpha value is -3.62. The lowest BCUT2D eigenvalue weighted by Crippen LogP contribution is -2.33. The number of nitro benzene ring substituents is 1. The zero-order valence-electron chi connectivity index (χ0n) is 14.9. The molecule has 0 spiro atoms. The minimum Gasteiger partial charge on any atom is -0.493 e. The van der Waals surface area contributed by atoms with Crippen molar-refractivity contribution >= 4 is 23.2 Å². The van der Waals surface area contributed by atoms with Gasteiger partial charge in [-0.1, -0.05) is 6.07 Å². The number of carbonyl (C=O) groups is 2. The van der Waals surface area contributed by atoms with Gasteiger partial charge in [0.15, 0.2) is 11.5 Å². The zero-order chi connectivity index (χ0) is 19.8. The van der Waals surface area contributed by atoms with Crippen molar-refractivity contribution < 1.29 is 24.0 Å². The molecule has 9 nitrogen and oxygen atoms in total. The molecule has 9 heteroatoms. The topological polar surface area (TPSA) is 120 Å². The van der Waals surface area contributed by atoms with Crippen LogP contribution in [0.15, 0.2) is 42.5 Å². The Labute approximate surface area is 155 Å². The summed E-state index contributed by atoms with van der Waals surface area (Å²) < 4.78 is 10.3. The van der Waals surface area contributed by atoms with Crippen LogP contribution in [0.1, 0.15) is 5.56 Å². The molecule has 0 atom stereocenters. The van der Waals surface area contributed by atoms with Crippen LogP contribution in [0.25, 0.3) is 0 Å². The molecule has 0 unspecified atom stereocenters. The van der Waals surface area contributed by atoms with Crippen LogP contribution in [0.4, 0.5) is 11.4 Å². The molecule has 2 amide bonds. The molecule has 2 N–H and O–H groups in total. The summed E-state index contributed by atoms with van der Waals surface area (Å²) in [6.07, 6.45) is 0.0746. The maximum Gasteiger partial charge on any atom is 0.269 e. The minimum atomic E-state index is -0.528. The number of nitrogens with one attached hydrogen (secondary N) is 2. The summed E-state index contributed by atoms with van der Waals surface area (Å²) in [6.45, 7) is -0.219. The molecule has 142 valence electrons. The zero-order valence-corrected chi connectivity index (χ0v) is 14.9. The molecule has 0 aliphatic rings. The number of non-ortho nitro benzene ring substituents is 1. The van der Waals surface area contributed by atoms with Gasteiger partial charge in [0, 0.05) is 17.8 Å². The highest BCUT2D eigenvalue weighted by molar-refractivity contribution is 5.94. The molecule has 0 radical (unpaired) electrons. The van der Waals surface area contributed by atoms with Crippen LogP contribution in [0.2, 0.25) is 0 Å². The van der Waals surface area contributed by atoms with E-state index in [0.717, 1.165) is 0 Å². The van der Waals surface area contributed by atoms with Crippen LogP contribution in [0, 0.1) is 10.1 Å². The summed E-state index contributed by atoms with van der Waals surface area (Å²) in [5.74, 6) is 0.299. The number of anilines is 1. The molecule has 0 aromatic heterocycles. The fourth-order valence-electron chi connectivity index (χ4n) is 2.29. The van der Waals surface area contributed by atoms with Crippen LogP contribution in [-0.2, 0) is 16.0 Å². The van der Waals surface area contributed by atoms with Gasteiger partial charge in [0.2, 0.25) is 11.8 Å². The van der Waals surface area contributed by atoms with Gasteiger partial charge in [0.1, 0.15) is 0 Å². The smallest absolute Gasteiger partial charge is 0.269 e. The first kappa shape index (κ1) is 19.7. The lowest BCUT2D eigenvalue weighted by molar-refractivity contribution is -0.384. The van der Waals surface area contributed by atoms with E-state index in [4.69, 9.17) is 9.47 Å². The third-order valence-electron chi connectivity index (χ3n) is 3.62. The van der Waals surface area contributed by atoms with Crippen molar-refractivity contribution in [1.82, 2.24) is 5.32 Å². The molecule has 27 heavy (non-hydrogen) atoms. The maximum atomic E-state index is 12.0. The first-order valence-corrected chi connectivity index (χ1v) is 7.95. The van der Waals surface area contributed by atoms with E-state index in [1.807, 2.05) is 0 Å². The number of hydrogen-bond acceptors (Lipinski definition) is 6. The number of amides is 2. The maximum absolute atomic E-state index is 12.0. The Balaban J connectivity index is 1.84. The fraction of sp³-hybridized carbons (Fsp3) is 0.222. The second-order valence-corrected chi connectivity index (χ2v) is 5.50. The standard InChI is InChI=1S/C18H19N3O6/c1-26-15-8-3-12(9-16(15)27-2)10-17(22)19-11-18(23)20-13-4-6-14(7-5-13)21(24)25/h3-9H,10-11H2,1-2H3,(H,19,22)(H,20,23). The monoisotopic (exact) mass is 373 g/mol. The van der Waals surface area contributed by atoms with Gasteiger partial charge in [-0.2, -0.15) is 0 Å². The highest BCUT2D eigenvalue weighted by Crippen LogP contribution is 2.27. The Morgan fingerprint density at radius 3 is 2.26 bits per heavy atom. The van der Waals surface area contributed by atoms with Crippen molar-refractivity contribution in [2.24, 2.45) is 0 Å².